The van der Waals surface area contributed by atoms with Crippen LogP contribution in [0.3, 0.4) is 0 Å². The van der Waals surface area contributed by atoms with Gasteiger partial charge in [0.1, 0.15) is 17.5 Å². The fourth-order valence-electron chi connectivity index (χ4n) is 2.58. The molecular formula is C16H17Cl2N5O. The number of piperazine rings is 1. The number of nitrogens with one attached hydrogen (secondary N) is 1. The van der Waals surface area contributed by atoms with Gasteiger partial charge in [0, 0.05) is 32.2 Å². The van der Waals surface area contributed by atoms with Gasteiger partial charge in [0.15, 0.2) is 0 Å². The fraction of sp³-hybridized carbons (Fsp3) is 0.312. The lowest BCUT2D eigenvalue weighted by molar-refractivity contribution is -0.118. The van der Waals surface area contributed by atoms with Gasteiger partial charge in [-0.3, -0.25) is 4.79 Å². The second-order valence-corrected chi connectivity index (χ2v) is 6.32. The molecule has 6 nitrogen and oxygen atoms in total. The monoisotopic (exact) mass is 365 g/mol. The van der Waals surface area contributed by atoms with E-state index in [1.807, 2.05) is 13.0 Å². The lowest BCUT2D eigenvalue weighted by Gasteiger charge is -2.33. The molecule has 1 aliphatic heterocycles. The van der Waals surface area contributed by atoms with Crippen molar-refractivity contribution < 1.29 is 4.79 Å². The summed E-state index contributed by atoms with van der Waals surface area (Å²) in [5.74, 6) is 2.10. The molecule has 2 aromatic rings. The van der Waals surface area contributed by atoms with E-state index in [1.54, 1.807) is 23.1 Å². The maximum Gasteiger partial charge on any atom is 0.209 e. The summed E-state index contributed by atoms with van der Waals surface area (Å²) in [4.78, 5) is 23.6. The number of benzene rings is 1. The van der Waals surface area contributed by atoms with Crippen LogP contribution in [0, 0.1) is 6.92 Å². The molecule has 0 spiro atoms. The summed E-state index contributed by atoms with van der Waals surface area (Å²) in [6.45, 7) is 4.69. The Morgan fingerprint density at radius 3 is 2.42 bits per heavy atom. The minimum absolute atomic E-state index is 0.528. The van der Waals surface area contributed by atoms with Crippen LogP contribution in [0.2, 0.25) is 10.0 Å². The standard InChI is InChI=1S/C16H17Cl2N5O/c1-11-19-14(21-16-12(17)3-2-4-13(16)18)9-15(20-11)23-7-5-22(10-24)6-8-23/h2-4,9-10H,5-8H2,1H3,(H,19,20,21). The van der Waals surface area contributed by atoms with Crippen LogP contribution in [0.5, 0.6) is 0 Å². The van der Waals surface area contributed by atoms with E-state index in [0.29, 0.717) is 40.5 Å². The third kappa shape index (κ3) is 3.71. The molecule has 2 heterocycles. The molecule has 0 aliphatic carbocycles. The van der Waals surface area contributed by atoms with Crippen LogP contribution in [0.4, 0.5) is 17.3 Å². The van der Waals surface area contributed by atoms with Crippen molar-refractivity contribution in [2.75, 3.05) is 36.4 Å². The normalized spacial score (nSPS) is 14.6. The van der Waals surface area contributed by atoms with Crippen LogP contribution in [-0.4, -0.2) is 47.5 Å². The van der Waals surface area contributed by atoms with E-state index in [1.165, 1.54) is 0 Å². The van der Waals surface area contributed by atoms with Crippen molar-refractivity contribution in [1.82, 2.24) is 14.9 Å². The molecule has 1 saturated heterocycles. The first-order valence-electron chi connectivity index (χ1n) is 7.58. The second kappa shape index (κ2) is 7.23. The number of hydrogen-bond acceptors (Lipinski definition) is 5. The minimum atomic E-state index is 0.528. The van der Waals surface area contributed by atoms with Gasteiger partial charge in [-0.25, -0.2) is 9.97 Å². The highest BCUT2D eigenvalue weighted by Crippen LogP contribution is 2.32. The molecular weight excluding hydrogens is 349 g/mol. The van der Waals surface area contributed by atoms with Gasteiger partial charge in [0.2, 0.25) is 6.41 Å². The van der Waals surface area contributed by atoms with Gasteiger partial charge >= 0.3 is 0 Å². The summed E-state index contributed by atoms with van der Waals surface area (Å²) in [7, 11) is 0. The molecule has 126 valence electrons. The summed E-state index contributed by atoms with van der Waals surface area (Å²) in [6.07, 6.45) is 0.884. The van der Waals surface area contributed by atoms with E-state index in [0.717, 1.165) is 25.3 Å². The molecule has 0 bridgehead atoms. The van der Waals surface area contributed by atoms with Crippen LogP contribution in [0.1, 0.15) is 5.82 Å². The predicted octanol–water partition coefficient (Wildman–Crippen LogP) is 3.11. The first-order valence-corrected chi connectivity index (χ1v) is 8.33. The molecule has 0 saturated carbocycles. The second-order valence-electron chi connectivity index (χ2n) is 5.51. The SMILES string of the molecule is Cc1nc(Nc2c(Cl)cccc2Cl)cc(N2CCN(C=O)CC2)n1. The van der Waals surface area contributed by atoms with E-state index < -0.39 is 0 Å². The Kier molecular flexibility index (Phi) is 5.06. The average Bonchev–Trinajstić information content (AvgIpc) is 2.58. The summed E-state index contributed by atoms with van der Waals surface area (Å²) >= 11 is 12.4. The third-order valence-corrected chi connectivity index (χ3v) is 4.46. The zero-order chi connectivity index (χ0) is 17.1. The van der Waals surface area contributed by atoms with Crippen molar-refractivity contribution in [2.45, 2.75) is 6.92 Å². The quantitative estimate of drug-likeness (QED) is 0.843. The number of nitrogens with zero attached hydrogens (tertiary/aromatic N) is 4. The van der Waals surface area contributed by atoms with Crippen molar-refractivity contribution in [3.63, 3.8) is 0 Å². The highest BCUT2D eigenvalue weighted by Gasteiger charge is 2.18. The zero-order valence-electron chi connectivity index (χ0n) is 13.2. The van der Waals surface area contributed by atoms with Crippen LogP contribution in [0.15, 0.2) is 24.3 Å². The Balaban J connectivity index is 1.83. The molecule has 1 aromatic carbocycles. The predicted molar refractivity (Wildman–Crippen MR) is 96.4 cm³/mol. The number of aryl methyl sites for hydroxylation is 1. The molecule has 1 aromatic heterocycles. The van der Waals surface area contributed by atoms with E-state index in [2.05, 4.69) is 20.2 Å². The minimum Gasteiger partial charge on any atom is -0.353 e. The Morgan fingerprint density at radius 2 is 1.79 bits per heavy atom. The van der Waals surface area contributed by atoms with Crippen molar-refractivity contribution in [1.29, 1.82) is 0 Å². The number of rotatable bonds is 4. The Morgan fingerprint density at radius 1 is 1.12 bits per heavy atom. The molecule has 24 heavy (non-hydrogen) atoms. The van der Waals surface area contributed by atoms with Gasteiger partial charge in [0.25, 0.3) is 0 Å². The average molecular weight is 366 g/mol. The summed E-state index contributed by atoms with van der Waals surface area (Å²) in [5.41, 5.74) is 0.621. The van der Waals surface area contributed by atoms with Gasteiger partial charge < -0.3 is 15.1 Å². The lowest BCUT2D eigenvalue weighted by Crippen LogP contribution is -2.46. The Bertz CT molecular complexity index is 727. The molecule has 1 aliphatic rings. The van der Waals surface area contributed by atoms with Gasteiger partial charge in [-0.05, 0) is 19.1 Å². The molecule has 1 N–H and O–H groups in total. The Labute approximate surface area is 150 Å². The van der Waals surface area contributed by atoms with Crippen molar-refractivity contribution in [2.24, 2.45) is 0 Å². The van der Waals surface area contributed by atoms with E-state index in [9.17, 15) is 4.79 Å². The largest absolute Gasteiger partial charge is 0.353 e. The van der Waals surface area contributed by atoms with E-state index in [-0.39, 0.29) is 0 Å². The highest BCUT2D eigenvalue weighted by molar-refractivity contribution is 6.39. The van der Waals surface area contributed by atoms with Gasteiger partial charge in [-0.2, -0.15) is 0 Å². The molecule has 0 radical (unpaired) electrons. The first kappa shape index (κ1) is 16.8. The smallest absolute Gasteiger partial charge is 0.209 e. The summed E-state index contributed by atoms with van der Waals surface area (Å²) in [6, 6.07) is 7.19. The van der Waals surface area contributed by atoms with Crippen LogP contribution >= 0.6 is 23.2 Å². The number of carbonyl (C=O) groups is 1. The number of amides is 1. The van der Waals surface area contributed by atoms with Crippen LogP contribution in [-0.2, 0) is 4.79 Å². The zero-order valence-corrected chi connectivity index (χ0v) is 14.7. The summed E-state index contributed by atoms with van der Waals surface area (Å²) < 4.78 is 0. The number of aromatic nitrogens is 2. The number of carbonyl (C=O) groups excluding carboxylic acids is 1. The number of para-hydroxylation sites is 1. The molecule has 1 fully saturated rings. The van der Waals surface area contributed by atoms with Crippen molar-refractivity contribution in [3.8, 4) is 0 Å². The number of hydrogen-bond donors (Lipinski definition) is 1. The Hall–Kier alpha value is -2.05. The maximum atomic E-state index is 10.8. The lowest BCUT2D eigenvalue weighted by atomic mass is 10.3. The fourth-order valence-corrected chi connectivity index (χ4v) is 3.07. The number of halogens is 2. The van der Waals surface area contributed by atoms with Crippen molar-refractivity contribution >= 4 is 46.9 Å². The van der Waals surface area contributed by atoms with E-state index >= 15 is 0 Å². The van der Waals surface area contributed by atoms with E-state index in [4.69, 9.17) is 23.2 Å². The molecule has 1 amide bonds. The third-order valence-electron chi connectivity index (χ3n) is 3.83. The molecule has 3 rings (SSSR count). The first-order chi connectivity index (χ1) is 11.6. The van der Waals surface area contributed by atoms with Gasteiger partial charge in [-0.15, -0.1) is 0 Å². The van der Waals surface area contributed by atoms with Gasteiger partial charge in [-0.1, -0.05) is 29.3 Å². The van der Waals surface area contributed by atoms with Crippen molar-refractivity contribution in [3.05, 3.63) is 40.1 Å². The molecule has 0 atom stereocenters. The number of anilines is 3. The topological polar surface area (TPSA) is 61.4 Å². The molecule has 0 unspecified atom stereocenters. The highest BCUT2D eigenvalue weighted by atomic mass is 35.5. The summed E-state index contributed by atoms with van der Waals surface area (Å²) in [5, 5.41) is 4.23. The molecule has 8 heteroatoms. The van der Waals surface area contributed by atoms with Crippen LogP contribution in [0.25, 0.3) is 0 Å². The maximum absolute atomic E-state index is 10.8. The van der Waals surface area contributed by atoms with Crippen LogP contribution < -0.4 is 10.2 Å². The van der Waals surface area contributed by atoms with Gasteiger partial charge in [0.05, 0.1) is 15.7 Å².